The van der Waals surface area contributed by atoms with E-state index < -0.39 is 0 Å². The molecule has 0 aliphatic carbocycles. The third-order valence-corrected chi connectivity index (χ3v) is 9.70. The summed E-state index contributed by atoms with van der Waals surface area (Å²) in [5.74, 6) is 0. The Morgan fingerprint density at radius 3 is 2.33 bits per heavy atom. The maximum atomic E-state index is 9.16. The normalized spacial score (nSPS) is 12.5. The second-order valence-corrected chi connectivity index (χ2v) is 12.1. The topological polar surface area (TPSA) is 41.9 Å². The highest BCUT2D eigenvalue weighted by atomic mass is 32.1. The van der Waals surface area contributed by atoms with E-state index in [0.29, 0.717) is 5.71 Å². The van der Waals surface area contributed by atoms with Gasteiger partial charge in [-0.15, -0.1) is 11.3 Å². The van der Waals surface area contributed by atoms with E-state index in [0.717, 1.165) is 70.1 Å². The molecule has 3 nitrogen and oxygen atoms in total. The van der Waals surface area contributed by atoms with Gasteiger partial charge in [0.1, 0.15) is 5.58 Å². The molecule has 0 spiro atoms. The second-order valence-electron chi connectivity index (χ2n) is 11.0. The molecule has 4 heteroatoms. The average molecular weight is 569 g/mol. The number of furan rings is 1. The van der Waals surface area contributed by atoms with E-state index in [4.69, 9.17) is 9.83 Å². The molecule has 3 heterocycles. The van der Waals surface area contributed by atoms with Gasteiger partial charge < -0.3 is 14.4 Å². The minimum absolute atomic E-state index is 0.468. The van der Waals surface area contributed by atoms with Gasteiger partial charge in [0.2, 0.25) is 0 Å². The summed E-state index contributed by atoms with van der Waals surface area (Å²) < 4.78 is 10.9. The van der Waals surface area contributed by atoms with E-state index in [9.17, 15) is 0 Å². The maximum Gasteiger partial charge on any atom is 0.159 e. The third kappa shape index (κ3) is 3.51. The zero-order valence-corrected chi connectivity index (χ0v) is 23.9. The zero-order chi connectivity index (χ0) is 28.7. The number of nitrogens with one attached hydrogen (secondary N) is 1. The summed E-state index contributed by atoms with van der Waals surface area (Å²) in [5.41, 5.74) is 6.29. The van der Waals surface area contributed by atoms with Gasteiger partial charge in [-0.3, -0.25) is 0 Å². The number of hydrogen-bond acceptors (Lipinski definition) is 3. The van der Waals surface area contributed by atoms with Gasteiger partial charge >= 0.3 is 0 Å². The monoisotopic (exact) mass is 568 g/mol. The molecule has 202 valence electrons. The lowest BCUT2D eigenvalue weighted by molar-refractivity contribution is 0.666. The lowest BCUT2D eigenvalue weighted by atomic mass is 10.0. The fourth-order valence-electron chi connectivity index (χ4n) is 6.59. The highest BCUT2D eigenvalue weighted by Gasteiger charge is 2.18. The van der Waals surface area contributed by atoms with E-state index in [-0.39, 0.29) is 0 Å². The van der Waals surface area contributed by atoms with Crippen molar-refractivity contribution in [2.75, 3.05) is 0 Å². The van der Waals surface area contributed by atoms with Gasteiger partial charge in [0.25, 0.3) is 0 Å². The molecule has 0 unspecified atom stereocenters. The number of para-hydroxylation sites is 3. The lowest BCUT2D eigenvalue weighted by Gasteiger charge is -2.09. The highest BCUT2D eigenvalue weighted by molar-refractivity contribution is 7.18. The quantitative estimate of drug-likeness (QED) is 0.212. The number of nitrogens with zero attached hydrogens (tertiary/aromatic N) is 1. The van der Waals surface area contributed by atoms with Crippen molar-refractivity contribution in [1.82, 2.24) is 4.57 Å². The van der Waals surface area contributed by atoms with Crippen molar-refractivity contribution in [1.29, 1.82) is 5.41 Å². The lowest BCUT2D eigenvalue weighted by Crippen LogP contribution is -2.19. The summed E-state index contributed by atoms with van der Waals surface area (Å²) in [6.45, 7) is 4.36. The van der Waals surface area contributed by atoms with Gasteiger partial charge in [0, 0.05) is 46.9 Å². The number of aromatic nitrogens is 1. The summed E-state index contributed by atoms with van der Waals surface area (Å²) in [6.07, 6.45) is 1.98. The van der Waals surface area contributed by atoms with Crippen molar-refractivity contribution >= 4 is 94.3 Å². The van der Waals surface area contributed by atoms with Crippen LogP contribution in [0.15, 0.2) is 126 Å². The van der Waals surface area contributed by atoms with Crippen molar-refractivity contribution in [2.24, 2.45) is 0 Å². The van der Waals surface area contributed by atoms with E-state index in [1.54, 1.807) is 11.3 Å². The van der Waals surface area contributed by atoms with E-state index >= 15 is 0 Å². The molecular weight excluding hydrogens is 545 g/mol. The minimum Gasteiger partial charge on any atom is -0.454 e. The molecule has 0 bridgehead atoms. The van der Waals surface area contributed by atoms with Crippen LogP contribution in [0.3, 0.4) is 0 Å². The Kier molecular flexibility index (Phi) is 5.07. The van der Waals surface area contributed by atoms with Gasteiger partial charge in [-0.25, -0.2) is 0 Å². The van der Waals surface area contributed by atoms with E-state index in [1.165, 1.54) is 15.5 Å². The predicted molar refractivity (Wildman–Crippen MR) is 183 cm³/mol. The second kappa shape index (κ2) is 9.02. The molecule has 0 radical (unpaired) electrons. The Hall–Kier alpha value is -5.45. The van der Waals surface area contributed by atoms with Crippen molar-refractivity contribution < 1.29 is 4.42 Å². The number of benzene rings is 6. The molecule has 9 aromatic rings. The molecule has 3 aromatic heterocycles. The van der Waals surface area contributed by atoms with Crippen molar-refractivity contribution in [3.63, 3.8) is 0 Å². The first-order valence-corrected chi connectivity index (χ1v) is 15.1. The van der Waals surface area contributed by atoms with E-state index in [2.05, 4.69) is 120 Å². The third-order valence-electron chi connectivity index (χ3n) is 8.59. The van der Waals surface area contributed by atoms with Gasteiger partial charge in [-0.1, -0.05) is 97.6 Å². The summed E-state index contributed by atoms with van der Waals surface area (Å²) in [7, 11) is 0. The smallest absolute Gasteiger partial charge is 0.159 e. The molecule has 0 saturated heterocycles. The van der Waals surface area contributed by atoms with Crippen molar-refractivity contribution in [2.45, 2.75) is 0 Å². The largest absolute Gasteiger partial charge is 0.454 e. The fourth-order valence-corrected chi connectivity index (χ4v) is 7.70. The molecule has 0 aliphatic rings. The summed E-state index contributed by atoms with van der Waals surface area (Å²) in [4.78, 5) is 0. The van der Waals surface area contributed by atoms with Crippen LogP contribution in [0, 0.1) is 5.41 Å². The average Bonchev–Trinajstić information content (AvgIpc) is 3.70. The van der Waals surface area contributed by atoms with Crippen LogP contribution in [0.2, 0.25) is 0 Å². The van der Waals surface area contributed by atoms with Crippen LogP contribution in [0.25, 0.3) is 82.9 Å². The maximum absolute atomic E-state index is 9.16. The van der Waals surface area contributed by atoms with Crippen LogP contribution in [0.4, 0.5) is 0 Å². The Bertz CT molecular complexity index is 2720. The molecule has 9 rings (SSSR count). The molecular formula is C39H24N2OS. The van der Waals surface area contributed by atoms with Crippen LogP contribution >= 0.6 is 11.3 Å². The molecule has 0 amide bonds. The summed E-state index contributed by atoms with van der Waals surface area (Å²) in [6, 6.07) is 42.2. The molecule has 0 aliphatic heterocycles. The van der Waals surface area contributed by atoms with E-state index in [1.807, 2.05) is 18.2 Å². The molecule has 6 aromatic carbocycles. The van der Waals surface area contributed by atoms with Crippen LogP contribution < -0.4 is 9.75 Å². The number of rotatable bonds is 3. The van der Waals surface area contributed by atoms with Crippen molar-refractivity contribution in [3.05, 3.63) is 137 Å². The first-order chi connectivity index (χ1) is 21.2. The summed E-state index contributed by atoms with van der Waals surface area (Å²) in [5, 5.41) is 18.3. The fraction of sp³-hybridized carbons (Fsp3) is 0. The van der Waals surface area contributed by atoms with Crippen LogP contribution in [0.1, 0.15) is 5.56 Å². The Morgan fingerprint density at radius 2 is 1.42 bits per heavy atom. The van der Waals surface area contributed by atoms with Gasteiger partial charge in [0.15, 0.2) is 5.58 Å². The number of thiophene rings is 1. The minimum atomic E-state index is 0.468. The first-order valence-electron chi connectivity index (χ1n) is 14.3. The van der Waals surface area contributed by atoms with Crippen molar-refractivity contribution in [3.8, 4) is 5.69 Å². The van der Waals surface area contributed by atoms with Gasteiger partial charge in [-0.05, 0) is 47.2 Å². The van der Waals surface area contributed by atoms with Crippen LogP contribution in [0.5, 0.6) is 0 Å². The SMILES string of the molecule is C=c1sc2c(ccc3ccccc32)/c1=C/C(=N)c1ccc2c(c1)c1ccccc1n2-c1cccc2c1oc1ccccc12. The van der Waals surface area contributed by atoms with Gasteiger partial charge in [0.05, 0.1) is 22.4 Å². The Morgan fingerprint density at radius 1 is 0.674 bits per heavy atom. The van der Waals surface area contributed by atoms with Gasteiger partial charge in [-0.2, -0.15) is 0 Å². The van der Waals surface area contributed by atoms with Crippen LogP contribution in [-0.4, -0.2) is 10.3 Å². The molecule has 0 saturated carbocycles. The highest BCUT2D eigenvalue weighted by Crippen LogP contribution is 2.38. The number of fused-ring (bicyclic) bond motifs is 9. The van der Waals surface area contributed by atoms with Crippen LogP contribution in [-0.2, 0) is 0 Å². The summed E-state index contributed by atoms with van der Waals surface area (Å²) >= 11 is 1.70. The first kappa shape index (κ1) is 24.2. The molecule has 1 N–H and O–H groups in total. The molecule has 43 heavy (non-hydrogen) atoms. The standard InChI is InChI=1S/C39H24N2OS/c1-23-31(30-19-17-24-9-2-3-10-26(24)39(30)43-23)22-33(40)25-18-20-35-32(21-25)27-11-4-6-14-34(27)41(35)36-15-8-13-29-28-12-5-7-16-37(28)42-38(29)36/h2-22,40H,1H2/b31-22+,40-33?. The molecule has 0 atom stereocenters. The zero-order valence-electron chi connectivity index (χ0n) is 23.1. The Labute approximate surface area is 250 Å². The molecule has 0 fully saturated rings. The predicted octanol–water partition coefficient (Wildman–Crippen LogP) is 9.31. The number of hydrogen-bond donors (Lipinski definition) is 1. The Balaban J connectivity index is 1.25.